The second kappa shape index (κ2) is 7.00. The molecule has 22 heavy (non-hydrogen) atoms. The first kappa shape index (κ1) is 15.9. The second-order valence-electron chi connectivity index (χ2n) is 5.38. The average molecular weight is 296 g/mol. The highest BCUT2D eigenvalue weighted by Crippen LogP contribution is 2.21. The molecule has 0 radical (unpaired) electrons. The Balaban J connectivity index is 2.02. The molecule has 0 spiro atoms. The number of Topliss-reactive ketones (excluding diaryl/α,β-unsaturated/α-hetero) is 1. The molecule has 2 rings (SSSR count). The number of aliphatic hydroxyl groups is 1. The van der Waals surface area contributed by atoms with E-state index in [2.05, 4.69) is 0 Å². The van der Waals surface area contributed by atoms with Crippen LogP contribution >= 0.6 is 0 Å². The molecule has 2 aromatic carbocycles. The maximum absolute atomic E-state index is 12.2. The minimum absolute atomic E-state index is 0.0604. The van der Waals surface area contributed by atoms with E-state index in [0.717, 1.165) is 17.3 Å². The number of nitrogens with two attached hydrogens (primary N) is 1. The second-order valence-corrected chi connectivity index (χ2v) is 5.38. The topological polar surface area (TPSA) is 87.2 Å². The summed E-state index contributed by atoms with van der Waals surface area (Å²) >= 11 is 0. The number of anilines is 1. The number of rotatable bonds is 6. The van der Waals surface area contributed by atoms with Crippen molar-refractivity contribution in [3.05, 3.63) is 64.7 Å². The van der Waals surface area contributed by atoms with Crippen LogP contribution in [-0.2, 0) is 0 Å². The Morgan fingerprint density at radius 2 is 2.09 bits per heavy atom. The van der Waals surface area contributed by atoms with E-state index in [1.54, 1.807) is 18.2 Å². The fourth-order valence-electron chi connectivity index (χ4n) is 2.33. The van der Waals surface area contributed by atoms with Crippen molar-refractivity contribution in [3.63, 3.8) is 0 Å². The third-order valence-electron chi connectivity index (χ3n) is 3.64. The minimum Gasteiger partial charge on any atom is -0.398 e. The maximum atomic E-state index is 12.2. The van der Waals surface area contributed by atoms with E-state index in [4.69, 9.17) is 11.1 Å². The van der Waals surface area contributed by atoms with Gasteiger partial charge in [0.1, 0.15) is 0 Å². The van der Waals surface area contributed by atoms with E-state index in [9.17, 15) is 9.90 Å². The fourth-order valence-corrected chi connectivity index (χ4v) is 2.33. The van der Waals surface area contributed by atoms with Crippen molar-refractivity contribution in [3.8, 4) is 0 Å². The van der Waals surface area contributed by atoms with Gasteiger partial charge in [-0.3, -0.25) is 4.79 Å². The van der Waals surface area contributed by atoms with Gasteiger partial charge in [0.2, 0.25) is 0 Å². The molecule has 4 heteroatoms. The number of hydrogen-bond acceptors (Lipinski definition) is 4. The number of carbonyl (C=O) groups excluding carboxylic acids is 1. The molecule has 114 valence electrons. The van der Waals surface area contributed by atoms with E-state index in [1.165, 1.54) is 0 Å². The lowest BCUT2D eigenvalue weighted by Crippen LogP contribution is -2.05. The van der Waals surface area contributed by atoms with Crippen molar-refractivity contribution < 1.29 is 9.90 Å². The number of nitrogens with one attached hydrogen (secondary N) is 1. The summed E-state index contributed by atoms with van der Waals surface area (Å²) in [4.78, 5) is 12.2. The largest absolute Gasteiger partial charge is 0.398 e. The van der Waals surface area contributed by atoms with E-state index in [-0.39, 0.29) is 12.2 Å². The van der Waals surface area contributed by atoms with Gasteiger partial charge < -0.3 is 16.2 Å². The molecule has 4 N–H and O–H groups in total. The lowest BCUT2D eigenvalue weighted by atomic mass is 9.98. The zero-order chi connectivity index (χ0) is 16.1. The quantitative estimate of drug-likeness (QED) is 0.434. The minimum atomic E-state index is -0.653. The fraction of sp³-hybridized carbons (Fsp3) is 0.222. The third kappa shape index (κ3) is 3.80. The number of hydrogen-bond donors (Lipinski definition) is 3. The molecule has 2 aromatic rings. The first-order valence-corrected chi connectivity index (χ1v) is 7.19. The molecule has 0 aromatic heterocycles. The van der Waals surface area contributed by atoms with Gasteiger partial charge in [0, 0.05) is 29.4 Å². The standard InChI is InChI=1S/C18H20N2O2/c1-12-3-2-4-13(9-12)17(21)7-8-18(22)14-5-6-16(20)15(10-14)11-19/h2-6,9-11,17,19,21H,7-8,20H2,1H3. The SMILES string of the molecule is Cc1cccc(C(O)CCC(=O)c2ccc(N)c(C=N)c2)c1. The van der Waals surface area contributed by atoms with Crippen LogP contribution in [-0.4, -0.2) is 17.1 Å². The van der Waals surface area contributed by atoms with Gasteiger partial charge in [-0.2, -0.15) is 0 Å². The van der Waals surface area contributed by atoms with Crippen LogP contribution in [0.4, 0.5) is 5.69 Å². The maximum Gasteiger partial charge on any atom is 0.163 e. The van der Waals surface area contributed by atoms with Crippen LogP contribution in [0.25, 0.3) is 0 Å². The van der Waals surface area contributed by atoms with Crippen molar-refractivity contribution in [1.82, 2.24) is 0 Å². The summed E-state index contributed by atoms with van der Waals surface area (Å²) in [5.41, 5.74) is 9.14. The van der Waals surface area contributed by atoms with E-state index in [0.29, 0.717) is 23.2 Å². The highest BCUT2D eigenvalue weighted by Gasteiger charge is 2.13. The monoisotopic (exact) mass is 296 g/mol. The number of nitrogen functional groups attached to an aromatic ring is 1. The van der Waals surface area contributed by atoms with Crippen molar-refractivity contribution in [2.45, 2.75) is 25.9 Å². The Morgan fingerprint density at radius 1 is 1.32 bits per heavy atom. The molecule has 0 saturated heterocycles. The molecular weight excluding hydrogens is 276 g/mol. The molecule has 1 unspecified atom stereocenters. The molecule has 0 aliphatic rings. The first-order chi connectivity index (χ1) is 10.5. The van der Waals surface area contributed by atoms with Crippen LogP contribution in [0.5, 0.6) is 0 Å². The zero-order valence-electron chi connectivity index (χ0n) is 12.5. The summed E-state index contributed by atoms with van der Waals surface area (Å²) in [6, 6.07) is 12.5. The van der Waals surface area contributed by atoms with Crippen LogP contribution < -0.4 is 5.73 Å². The lowest BCUT2D eigenvalue weighted by Gasteiger charge is -2.11. The van der Waals surface area contributed by atoms with E-state index in [1.807, 2.05) is 31.2 Å². The highest BCUT2D eigenvalue weighted by molar-refractivity contribution is 5.99. The van der Waals surface area contributed by atoms with Gasteiger partial charge >= 0.3 is 0 Å². The summed E-state index contributed by atoms with van der Waals surface area (Å²) in [7, 11) is 0. The molecule has 1 atom stereocenters. The summed E-state index contributed by atoms with van der Waals surface area (Å²) < 4.78 is 0. The molecular formula is C18H20N2O2. The predicted octanol–water partition coefficient (Wildman–Crippen LogP) is 3.27. The van der Waals surface area contributed by atoms with Gasteiger partial charge in [0.05, 0.1) is 6.10 Å². The first-order valence-electron chi connectivity index (χ1n) is 7.19. The molecule has 0 saturated carbocycles. The molecule has 0 bridgehead atoms. The number of ketones is 1. The van der Waals surface area contributed by atoms with Crippen molar-refractivity contribution in [2.75, 3.05) is 5.73 Å². The van der Waals surface area contributed by atoms with Crippen molar-refractivity contribution >= 4 is 17.7 Å². The molecule has 4 nitrogen and oxygen atoms in total. The highest BCUT2D eigenvalue weighted by atomic mass is 16.3. The molecule has 0 fully saturated rings. The Kier molecular flexibility index (Phi) is 5.07. The van der Waals surface area contributed by atoms with Crippen molar-refractivity contribution in [1.29, 1.82) is 5.41 Å². The van der Waals surface area contributed by atoms with Gasteiger partial charge in [-0.25, -0.2) is 0 Å². The predicted molar refractivity (Wildman–Crippen MR) is 88.4 cm³/mol. The lowest BCUT2D eigenvalue weighted by molar-refractivity contribution is 0.0940. The average Bonchev–Trinajstić information content (AvgIpc) is 2.52. The molecule has 0 aliphatic heterocycles. The normalized spacial score (nSPS) is 11.9. The zero-order valence-corrected chi connectivity index (χ0v) is 12.5. The Labute approximate surface area is 130 Å². The van der Waals surface area contributed by atoms with Gasteiger partial charge in [-0.15, -0.1) is 0 Å². The number of aryl methyl sites for hydroxylation is 1. The molecule has 0 amide bonds. The van der Waals surface area contributed by atoms with Crippen LogP contribution in [0.3, 0.4) is 0 Å². The number of benzene rings is 2. The van der Waals surface area contributed by atoms with Crippen LogP contribution in [0.15, 0.2) is 42.5 Å². The van der Waals surface area contributed by atoms with Crippen LogP contribution in [0.2, 0.25) is 0 Å². The van der Waals surface area contributed by atoms with Crippen LogP contribution in [0, 0.1) is 12.3 Å². The van der Waals surface area contributed by atoms with Gasteiger partial charge in [-0.05, 0) is 37.1 Å². The number of aliphatic hydroxyl groups excluding tert-OH is 1. The summed E-state index contributed by atoms with van der Waals surface area (Å²) in [5.74, 6) is -0.0604. The smallest absolute Gasteiger partial charge is 0.163 e. The summed E-state index contributed by atoms with van der Waals surface area (Å²) in [5, 5.41) is 17.4. The Hall–Kier alpha value is -2.46. The van der Waals surface area contributed by atoms with Crippen molar-refractivity contribution in [2.24, 2.45) is 0 Å². The summed E-state index contributed by atoms with van der Waals surface area (Å²) in [6.45, 7) is 1.97. The van der Waals surface area contributed by atoms with Crippen LogP contribution in [0.1, 0.15) is 46.0 Å². The van der Waals surface area contributed by atoms with Gasteiger partial charge in [-0.1, -0.05) is 29.8 Å². The Bertz CT molecular complexity index is 695. The van der Waals surface area contributed by atoms with E-state index < -0.39 is 6.10 Å². The molecule has 0 heterocycles. The third-order valence-corrected chi connectivity index (χ3v) is 3.64. The Morgan fingerprint density at radius 3 is 2.77 bits per heavy atom. The molecule has 0 aliphatic carbocycles. The van der Waals surface area contributed by atoms with Gasteiger partial charge in [0.25, 0.3) is 0 Å². The summed E-state index contributed by atoms with van der Waals surface area (Å²) in [6.07, 6.45) is 1.09. The number of carbonyl (C=O) groups is 1. The van der Waals surface area contributed by atoms with Gasteiger partial charge in [0.15, 0.2) is 5.78 Å². The van der Waals surface area contributed by atoms with E-state index >= 15 is 0 Å².